The number of nitrogens with one attached hydrogen (secondary N) is 2. The molecule has 1 atom stereocenters. The summed E-state index contributed by atoms with van der Waals surface area (Å²) in [6.45, 7) is 4.35. The number of benzene rings is 2. The Kier molecular flexibility index (Phi) is 7.12. The van der Waals surface area contributed by atoms with Gasteiger partial charge in [0.1, 0.15) is 18.1 Å². The fraction of sp³-hybridized carbons (Fsp3) is 0.400. The van der Waals surface area contributed by atoms with Gasteiger partial charge in [-0.25, -0.2) is 9.98 Å². The van der Waals surface area contributed by atoms with Gasteiger partial charge in [-0.15, -0.1) is 0 Å². The first-order chi connectivity index (χ1) is 16.0. The molecule has 0 spiro atoms. The average Bonchev–Trinajstić information content (AvgIpc) is 3.14. The van der Waals surface area contributed by atoms with E-state index in [9.17, 15) is 4.79 Å². The number of nitrogens with zero attached hydrogens (tertiary/aromatic N) is 4. The van der Waals surface area contributed by atoms with E-state index in [2.05, 4.69) is 37.3 Å². The highest BCUT2D eigenvalue weighted by Crippen LogP contribution is 2.31. The SMILES string of the molecule is Cc1nc2ccccc2n1CCCNC(=NCC(=O)N(C)C)NC1CCOc2ccccc21. The van der Waals surface area contributed by atoms with Crippen molar-refractivity contribution in [3.8, 4) is 5.75 Å². The summed E-state index contributed by atoms with van der Waals surface area (Å²) in [7, 11) is 3.48. The minimum atomic E-state index is -0.0380. The molecule has 0 aliphatic carbocycles. The van der Waals surface area contributed by atoms with Crippen LogP contribution in [0.5, 0.6) is 5.75 Å². The molecule has 3 aromatic rings. The van der Waals surface area contributed by atoms with Crippen LogP contribution in [0.25, 0.3) is 11.0 Å². The molecule has 0 bridgehead atoms. The molecule has 33 heavy (non-hydrogen) atoms. The van der Waals surface area contributed by atoms with Crippen LogP contribution in [0.4, 0.5) is 0 Å². The quantitative estimate of drug-likeness (QED) is 0.330. The number of likely N-dealkylation sites (N-methyl/N-ethyl adjacent to an activating group) is 1. The van der Waals surface area contributed by atoms with Crippen LogP contribution in [0.1, 0.15) is 30.3 Å². The number of ether oxygens (including phenoxy) is 1. The summed E-state index contributed by atoms with van der Waals surface area (Å²) in [4.78, 5) is 22.9. The predicted octanol–water partition coefficient (Wildman–Crippen LogP) is 2.88. The Morgan fingerprint density at radius 1 is 1.21 bits per heavy atom. The van der Waals surface area contributed by atoms with Crippen molar-refractivity contribution in [3.05, 3.63) is 59.9 Å². The number of fused-ring (bicyclic) bond motifs is 2. The zero-order valence-electron chi connectivity index (χ0n) is 19.5. The molecule has 1 amide bonds. The molecule has 0 saturated carbocycles. The van der Waals surface area contributed by atoms with E-state index in [-0.39, 0.29) is 18.5 Å². The highest BCUT2D eigenvalue weighted by atomic mass is 16.5. The number of carbonyl (C=O) groups excluding carboxylic acids is 1. The van der Waals surface area contributed by atoms with E-state index in [1.165, 1.54) is 0 Å². The molecule has 1 aliphatic rings. The fourth-order valence-electron chi connectivity index (χ4n) is 4.02. The summed E-state index contributed by atoms with van der Waals surface area (Å²) in [5.41, 5.74) is 3.28. The second kappa shape index (κ2) is 10.4. The van der Waals surface area contributed by atoms with Gasteiger partial charge in [-0.1, -0.05) is 30.3 Å². The van der Waals surface area contributed by atoms with Crippen LogP contribution in [0, 0.1) is 6.92 Å². The molecule has 2 aromatic carbocycles. The number of para-hydroxylation sites is 3. The summed E-state index contributed by atoms with van der Waals surface area (Å²) in [5, 5.41) is 6.93. The smallest absolute Gasteiger partial charge is 0.243 e. The number of hydrogen-bond acceptors (Lipinski definition) is 4. The lowest BCUT2D eigenvalue weighted by molar-refractivity contribution is -0.127. The summed E-state index contributed by atoms with van der Waals surface area (Å²) < 4.78 is 8.02. The normalized spacial score (nSPS) is 15.6. The van der Waals surface area contributed by atoms with Crippen molar-refractivity contribution in [1.82, 2.24) is 25.1 Å². The number of aryl methyl sites for hydroxylation is 2. The molecule has 2 heterocycles. The van der Waals surface area contributed by atoms with Gasteiger partial charge in [0.15, 0.2) is 5.96 Å². The fourth-order valence-corrected chi connectivity index (χ4v) is 4.02. The molecular weight excluding hydrogens is 416 g/mol. The highest BCUT2D eigenvalue weighted by molar-refractivity contribution is 5.85. The van der Waals surface area contributed by atoms with Crippen molar-refractivity contribution >= 4 is 22.9 Å². The molecule has 1 unspecified atom stereocenters. The monoisotopic (exact) mass is 448 g/mol. The van der Waals surface area contributed by atoms with Crippen molar-refractivity contribution < 1.29 is 9.53 Å². The number of aliphatic imine (C=N–C) groups is 1. The minimum absolute atomic E-state index is 0.0380. The lowest BCUT2D eigenvalue weighted by Gasteiger charge is -2.28. The molecule has 8 heteroatoms. The van der Waals surface area contributed by atoms with Crippen molar-refractivity contribution in [2.75, 3.05) is 33.8 Å². The summed E-state index contributed by atoms with van der Waals surface area (Å²) in [5.74, 6) is 2.51. The van der Waals surface area contributed by atoms with E-state index in [1.54, 1.807) is 19.0 Å². The van der Waals surface area contributed by atoms with E-state index in [0.717, 1.165) is 54.1 Å². The molecule has 4 rings (SSSR count). The molecule has 174 valence electrons. The average molecular weight is 449 g/mol. The Morgan fingerprint density at radius 2 is 2.00 bits per heavy atom. The molecular formula is C25H32N6O2. The third-order valence-electron chi connectivity index (χ3n) is 5.84. The predicted molar refractivity (Wildman–Crippen MR) is 131 cm³/mol. The Bertz CT molecular complexity index is 1140. The lowest BCUT2D eigenvalue weighted by Crippen LogP contribution is -2.42. The van der Waals surface area contributed by atoms with Crippen LogP contribution in [-0.4, -0.2) is 60.1 Å². The van der Waals surface area contributed by atoms with E-state index >= 15 is 0 Å². The topological polar surface area (TPSA) is 83.8 Å². The number of rotatable bonds is 7. The maximum atomic E-state index is 12.1. The highest BCUT2D eigenvalue weighted by Gasteiger charge is 2.22. The van der Waals surface area contributed by atoms with E-state index in [4.69, 9.17) is 4.74 Å². The summed E-state index contributed by atoms with van der Waals surface area (Å²) in [6.07, 6.45) is 1.73. The number of hydrogen-bond donors (Lipinski definition) is 2. The van der Waals surface area contributed by atoms with Crippen LogP contribution < -0.4 is 15.4 Å². The molecule has 2 N–H and O–H groups in total. The van der Waals surface area contributed by atoms with Crippen molar-refractivity contribution in [1.29, 1.82) is 0 Å². The standard InChI is InChI=1S/C25H32N6O2/c1-18-28-21-10-5-6-11-22(21)31(18)15-8-14-26-25(27-17-24(32)30(2)3)29-20-13-16-33-23-12-7-4-9-19(20)23/h4-7,9-12,20H,8,13-17H2,1-3H3,(H2,26,27,29). The van der Waals surface area contributed by atoms with Crippen molar-refractivity contribution in [2.24, 2.45) is 4.99 Å². The minimum Gasteiger partial charge on any atom is -0.493 e. The van der Waals surface area contributed by atoms with Crippen LogP contribution in [0.2, 0.25) is 0 Å². The van der Waals surface area contributed by atoms with Gasteiger partial charge in [-0.2, -0.15) is 0 Å². The number of carbonyl (C=O) groups is 1. The first-order valence-corrected chi connectivity index (χ1v) is 11.4. The third kappa shape index (κ3) is 5.45. The van der Waals surface area contributed by atoms with Crippen LogP contribution in [-0.2, 0) is 11.3 Å². The van der Waals surface area contributed by atoms with Gasteiger partial charge in [0.2, 0.25) is 5.91 Å². The van der Waals surface area contributed by atoms with E-state index in [1.807, 2.05) is 43.3 Å². The Labute approximate surface area is 194 Å². The van der Waals surface area contributed by atoms with Gasteiger partial charge < -0.3 is 24.8 Å². The summed E-state index contributed by atoms with van der Waals surface area (Å²) >= 11 is 0. The molecule has 1 aliphatic heterocycles. The first kappa shape index (κ1) is 22.6. The number of aromatic nitrogens is 2. The lowest BCUT2D eigenvalue weighted by atomic mass is 10.0. The van der Waals surface area contributed by atoms with Gasteiger partial charge >= 0.3 is 0 Å². The number of imidazole rings is 1. The largest absolute Gasteiger partial charge is 0.493 e. The molecule has 0 radical (unpaired) electrons. The second-order valence-corrected chi connectivity index (χ2v) is 8.40. The summed E-state index contributed by atoms with van der Waals surface area (Å²) in [6, 6.07) is 16.3. The zero-order chi connectivity index (χ0) is 23.2. The van der Waals surface area contributed by atoms with Gasteiger partial charge in [0.05, 0.1) is 23.7 Å². The molecule has 0 saturated heterocycles. The zero-order valence-corrected chi connectivity index (χ0v) is 19.5. The second-order valence-electron chi connectivity index (χ2n) is 8.40. The number of amides is 1. The van der Waals surface area contributed by atoms with E-state index in [0.29, 0.717) is 12.6 Å². The van der Waals surface area contributed by atoms with E-state index < -0.39 is 0 Å². The van der Waals surface area contributed by atoms with Gasteiger partial charge in [-0.05, 0) is 31.5 Å². The molecule has 8 nitrogen and oxygen atoms in total. The Hall–Kier alpha value is -3.55. The van der Waals surface area contributed by atoms with Crippen LogP contribution >= 0.6 is 0 Å². The Morgan fingerprint density at radius 3 is 2.85 bits per heavy atom. The maximum absolute atomic E-state index is 12.1. The first-order valence-electron chi connectivity index (χ1n) is 11.4. The molecule has 0 fully saturated rings. The van der Waals surface area contributed by atoms with Gasteiger partial charge in [0.25, 0.3) is 0 Å². The van der Waals surface area contributed by atoms with Crippen molar-refractivity contribution in [3.63, 3.8) is 0 Å². The third-order valence-corrected chi connectivity index (χ3v) is 5.84. The number of guanidine groups is 1. The van der Waals surface area contributed by atoms with Gasteiger partial charge in [0, 0.05) is 39.2 Å². The van der Waals surface area contributed by atoms with Crippen molar-refractivity contribution in [2.45, 2.75) is 32.4 Å². The van der Waals surface area contributed by atoms with Gasteiger partial charge in [-0.3, -0.25) is 4.79 Å². The maximum Gasteiger partial charge on any atom is 0.243 e. The van der Waals surface area contributed by atoms with Crippen LogP contribution in [0.15, 0.2) is 53.5 Å². The van der Waals surface area contributed by atoms with Crippen LogP contribution in [0.3, 0.4) is 0 Å². The Balaban J connectivity index is 1.41. The molecule has 1 aromatic heterocycles.